The number of nitrogens with one attached hydrogen (secondary N) is 2. The van der Waals surface area contributed by atoms with Gasteiger partial charge in [0.1, 0.15) is 6.04 Å². The van der Waals surface area contributed by atoms with Crippen molar-refractivity contribution in [3.05, 3.63) is 29.8 Å². The number of carbonyl (C=O) groups excluding carboxylic acids is 2. The molecule has 2 fully saturated rings. The summed E-state index contributed by atoms with van der Waals surface area (Å²) in [5.74, 6) is 0.359. The largest absolute Gasteiger partial charge is 0.354 e. The molecule has 4 rings (SSSR count). The van der Waals surface area contributed by atoms with Gasteiger partial charge in [0.25, 0.3) is 0 Å². The van der Waals surface area contributed by atoms with E-state index in [1.807, 2.05) is 32.9 Å². The second-order valence-corrected chi connectivity index (χ2v) is 13.6. The van der Waals surface area contributed by atoms with Crippen molar-refractivity contribution in [2.24, 2.45) is 17.1 Å². The molecule has 0 spiro atoms. The summed E-state index contributed by atoms with van der Waals surface area (Å²) in [6, 6.07) is 6.17. The number of nitrogens with two attached hydrogens (primary N) is 1. The van der Waals surface area contributed by atoms with Gasteiger partial charge >= 0.3 is 0 Å². The fourth-order valence-electron chi connectivity index (χ4n) is 5.40. The molecule has 1 saturated heterocycles. The van der Waals surface area contributed by atoms with Gasteiger partial charge in [-0.2, -0.15) is 0 Å². The molecule has 4 atom stereocenters. The molecule has 1 aromatic carbocycles. The first-order valence-electron chi connectivity index (χ1n) is 12.9. The number of likely N-dealkylation sites (tertiary alicyclic amines) is 1. The van der Waals surface area contributed by atoms with Crippen molar-refractivity contribution in [1.29, 1.82) is 0 Å². The Morgan fingerprint density at radius 1 is 1.14 bits per heavy atom. The Morgan fingerprint density at radius 3 is 2.54 bits per heavy atom. The predicted octanol–water partition coefficient (Wildman–Crippen LogP) is 1.80. The predicted molar refractivity (Wildman–Crippen MR) is 136 cm³/mol. The summed E-state index contributed by atoms with van der Waals surface area (Å²) >= 11 is 0. The summed E-state index contributed by atoms with van der Waals surface area (Å²) < 4.78 is 24.8. The van der Waals surface area contributed by atoms with E-state index >= 15 is 0 Å². The molecule has 8 nitrogen and oxygen atoms in total. The molecule has 2 unspecified atom stereocenters. The van der Waals surface area contributed by atoms with Crippen molar-refractivity contribution in [3.63, 3.8) is 0 Å². The summed E-state index contributed by atoms with van der Waals surface area (Å²) in [7, 11) is -3.27. The highest BCUT2D eigenvalue weighted by Gasteiger charge is 2.42. The Labute approximate surface area is 209 Å². The lowest BCUT2D eigenvalue weighted by Gasteiger charge is -2.36. The van der Waals surface area contributed by atoms with E-state index in [1.54, 1.807) is 17.0 Å². The fourth-order valence-corrected chi connectivity index (χ4v) is 7.09. The van der Waals surface area contributed by atoms with Crippen molar-refractivity contribution >= 4 is 21.7 Å². The van der Waals surface area contributed by atoms with Crippen LogP contribution >= 0.6 is 0 Å². The van der Waals surface area contributed by atoms with Crippen LogP contribution in [0.15, 0.2) is 29.2 Å². The third kappa shape index (κ3) is 5.89. The van der Waals surface area contributed by atoms with E-state index in [0.717, 1.165) is 24.8 Å². The van der Waals surface area contributed by atoms with Crippen LogP contribution in [0.25, 0.3) is 0 Å². The van der Waals surface area contributed by atoms with Gasteiger partial charge in [-0.15, -0.1) is 0 Å². The van der Waals surface area contributed by atoms with E-state index < -0.39 is 21.9 Å². The molecule has 1 aliphatic carbocycles. The zero-order valence-electron chi connectivity index (χ0n) is 21.1. The van der Waals surface area contributed by atoms with Gasteiger partial charge < -0.3 is 21.3 Å². The van der Waals surface area contributed by atoms with Crippen LogP contribution in [0.2, 0.25) is 0 Å². The molecule has 2 heterocycles. The number of carbonyl (C=O) groups is 2. The van der Waals surface area contributed by atoms with Gasteiger partial charge in [-0.3, -0.25) is 9.59 Å². The molecule has 9 heteroatoms. The summed E-state index contributed by atoms with van der Waals surface area (Å²) in [6.07, 6.45) is 4.20. The first kappa shape index (κ1) is 26.1. The minimum absolute atomic E-state index is 0.0486. The van der Waals surface area contributed by atoms with E-state index in [2.05, 4.69) is 10.6 Å². The first-order chi connectivity index (χ1) is 16.5. The molecule has 2 aliphatic heterocycles. The Bertz CT molecular complexity index is 1050. The Hall–Kier alpha value is -1.97. The van der Waals surface area contributed by atoms with Crippen LogP contribution in [0.1, 0.15) is 64.4 Å². The quantitative estimate of drug-likeness (QED) is 0.496. The van der Waals surface area contributed by atoms with Crippen LogP contribution in [-0.2, 0) is 19.4 Å². The van der Waals surface area contributed by atoms with Crippen LogP contribution in [0.4, 0.5) is 0 Å². The molecule has 1 saturated carbocycles. The van der Waals surface area contributed by atoms with E-state index in [1.165, 1.54) is 0 Å². The maximum atomic E-state index is 13.6. The summed E-state index contributed by atoms with van der Waals surface area (Å²) in [4.78, 5) is 28.9. The number of hydrogen-bond acceptors (Lipinski definition) is 6. The van der Waals surface area contributed by atoms with Crippen LogP contribution in [-0.4, -0.2) is 68.6 Å². The molecule has 4 N–H and O–H groups in total. The Morgan fingerprint density at radius 2 is 1.86 bits per heavy atom. The van der Waals surface area contributed by atoms with E-state index in [0.29, 0.717) is 43.3 Å². The number of fused-ring (bicyclic) bond motifs is 1. The number of nitrogens with zero attached hydrogens (tertiary/aromatic N) is 1. The summed E-state index contributed by atoms with van der Waals surface area (Å²) in [6.45, 7) is 7.61. The lowest BCUT2D eigenvalue weighted by Crippen LogP contribution is -2.58. The third-order valence-electron chi connectivity index (χ3n) is 7.69. The molecule has 0 bridgehead atoms. The molecule has 3 aliphatic rings. The second kappa shape index (κ2) is 10.2. The monoisotopic (exact) mass is 504 g/mol. The smallest absolute Gasteiger partial charge is 0.242 e. The van der Waals surface area contributed by atoms with Crippen molar-refractivity contribution in [1.82, 2.24) is 15.5 Å². The van der Waals surface area contributed by atoms with E-state index in [-0.39, 0.29) is 34.9 Å². The number of hydrogen-bond donors (Lipinski definition) is 3. The van der Waals surface area contributed by atoms with Crippen LogP contribution in [0.3, 0.4) is 0 Å². The Balaban J connectivity index is 1.40. The van der Waals surface area contributed by atoms with Gasteiger partial charge in [-0.1, -0.05) is 39.0 Å². The second-order valence-electron chi connectivity index (χ2n) is 11.5. The average Bonchev–Trinajstić information content (AvgIpc) is 3.54. The standard InChI is InChI=1S/C26H40N4O4S/c1-26(2,3)23(28-16-20(27)17-10-11-17)25(32)30-13-6-8-21(30)24(31)29-15-18-12-14-35(33,34)22-9-5-4-7-19(18)22/h4-5,7,9,17-18,20-21,23,28H,6,8,10-16,27H2,1-3H3,(H,29,31)/t18?,20?,21-,23+/m0/s1. The van der Waals surface area contributed by atoms with E-state index in [4.69, 9.17) is 5.73 Å². The first-order valence-corrected chi connectivity index (χ1v) is 14.5. The number of sulfone groups is 1. The normalized spacial score (nSPS) is 25.5. The van der Waals surface area contributed by atoms with Crippen LogP contribution in [0, 0.1) is 11.3 Å². The zero-order chi connectivity index (χ0) is 25.4. The van der Waals surface area contributed by atoms with Crippen molar-refractivity contribution in [2.75, 3.05) is 25.4 Å². The highest BCUT2D eigenvalue weighted by atomic mass is 32.2. The zero-order valence-corrected chi connectivity index (χ0v) is 21.9. The van der Waals surface area contributed by atoms with Crippen molar-refractivity contribution < 1.29 is 18.0 Å². The number of amides is 2. The molecule has 0 radical (unpaired) electrons. The fraction of sp³-hybridized carbons (Fsp3) is 0.692. The highest BCUT2D eigenvalue weighted by Crippen LogP contribution is 2.34. The minimum Gasteiger partial charge on any atom is -0.354 e. The SMILES string of the molecule is CC(C)(C)[C@H](NCC(N)C1CC1)C(=O)N1CCC[C@H]1C(=O)NCC1CCS(=O)(=O)c2ccccc21. The van der Waals surface area contributed by atoms with Crippen LogP contribution in [0.5, 0.6) is 0 Å². The van der Waals surface area contributed by atoms with Crippen LogP contribution < -0.4 is 16.4 Å². The van der Waals surface area contributed by atoms with Gasteiger partial charge in [0.2, 0.25) is 11.8 Å². The number of rotatable bonds is 8. The molecule has 194 valence electrons. The maximum Gasteiger partial charge on any atom is 0.242 e. The summed E-state index contributed by atoms with van der Waals surface area (Å²) in [5, 5.41) is 6.44. The van der Waals surface area contributed by atoms with Gasteiger partial charge in [0.15, 0.2) is 9.84 Å². The molecular formula is C26H40N4O4S. The molecule has 0 aromatic heterocycles. The van der Waals surface area contributed by atoms with Crippen molar-refractivity contribution in [3.8, 4) is 0 Å². The van der Waals surface area contributed by atoms with Gasteiger partial charge in [0, 0.05) is 31.6 Å². The maximum absolute atomic E-state index is 13.6. The minimum atomic E-state index is -3.27. The van der Waals surface area contributed by atoms with Gasteiger partial charge in [-0.25, -0.2) is 8.42 Å². The summed E-state index contributed by atoms with van der Waals surface area (Å²) in [5.41, 5.74) is 6.72. The third-order valence-corrected chi connectivity index (χ3v) is 9.50. The lowest BCUT2D eigenvalue weighted by atomic mass is 9.85. The average molecular weight is 505 g/mol. The van der Waals surface area contributed by atoms with E-state index in [9.17, 15) is 18.0 Å². The molecule has 2 amide bonds. The molecule has 35 heavy (non-hydrogen) atoms. The Kier molecular flexibility index (Phi) is 7.60. The molecule has 1 aromatic rings. The topological polar surface area (TPSA) is 122 Å². The van der Waals surface area contributed by atoms with Crippen molar-refractivity contribution in [2.45, 2.75) is 81.8 Å². The molecular weight excluding hydrogens is 464 g/mol. The lowest BCUT2D eigenvalue weighted by molar-refractivity contribution is -0.142. The number of benzene rings is 1. The van der Waals surface area contributed by atoms with Gasteiger partial charge in [-0.05, 0) is 55.1 Å². The van der Waals surface area contributed by atoms with Gasteiger partial charge in [0.05, 0.1) is 16.7 Å². The highest BCUT2D eigenvalue weighted by molar-refractivity contribution is 7.91.